The van der Waals surface area contributed by atoms with Crippen LogP contribution in [-0.4, -0.2) is 25.2 Å². The summed E-state index contributed by atoms with van der Waals surface area (Å²) in [4.78, 5) is 24.1. The second-order valence-corrected chi connectivity index (χ2v) is 6.39. The lowest BCUT2D eigenvalue weighted by atomic mass is 9.95. The van der Waals surface area contributed by atoms with Crippen LogP contribution in [0.4, 0.5) is 4.79 Å². The van der Waals surface area contributed by atoms with Gasteiger partial charge in [-0.1, -0.05) is 26.0 Å². The molecule has 0 aromatic heterocycles. The van der Waals surface area contributed by atoms with Crippen LogP contribution in [0.3, 0.4) is 0 Å². The molecule has 0 bridgehead atoms. The van der Waals surface area contributed by atoms with Gasteiger partial charge in [0.15, 0.2) is 0 Å². The summed E-state index contributed by atoms with van der Waals surface area (Å²) in [5, 5.41) is 5.40. The van der Waals surface area contributed by atoms with Crippen LogP contribution in [0.1, 0.15) is 45.7 Å². The van der Waals surface area contributed by atoms with Crippen molar-refractivity contribution in [2.75, 3.05) is 13.2 Å². The molecule has 1 aliphatic heterocycles. The fraction of sp³-hybridized carbons (Fsp3) is 0.474. The zero-order valence-corrected chi connectivity index (χ0v) is 15.2. The van der Waals surface area contributed by atoms with E-state index in [1.807, 2.05) is 24.3 Å². The summed E-state index contributed by atoms with van der Waals surface area (Å²) in [5.41, 5.74) is 1.72. The van der Waals surface area contributed by atoms with E-state index in [9.17, 15) is 9.59 Å². The van der Waals surface area contributed by atoms with Crippen molar-refractivity contribution < 1.29 is 19.1 Å². The largest absolute Gasteiger partial charge is 0.494 e. The summed E-state index contributed by atoms with van der Waals surface area (Å²) in [6, 6.07) is 6.52. The Hall–Kier alpha value is -2.50. The highest BCUT2D eigenvalue weighted by molar-refractivity contribution is 5.95. The highest BCUT2D eigenvalue weighted by Gasteiger charge is 2.31. The van der Waals surface area contributed by atoms with Crippen LogP contribution in [0, 0.1) is 5.92 Å². The van der Waals surface area contributed by atoms with Crippen LogP contribution < -0.4 is 15.4 Å². The SMILES string of the molecule is CCOC(=O)C1=C(C)NC(=O)NC1c1ccc(OCCC(C)C)cc1. The van der Waals surface area contributed by atoms with Crippen molar-refractivity contribution in [1.82, 2.24) is 10.6 Å². The number of esters is 1. The van der Waals surface area contributed by atoms with Gasteiger partial charge < -0.3 is 20.1 Å². The number of urea groups is 1. The molecule has 0 saturated carbocycles. The molecule has 2 N–H and O–H groups in total. The number of ether oxygens (including phenoxy) is 2. The zero-order chi connectivity index (χ0) is 18.4. The Morgan fingerprint density at radius 3 is 2.52 bits per heavy atom. The van der Waals surface area contributed by atoms with Gasteiger partial charge in [0, 0.05) is 5.70 Å². The van der Waals surface area contributed by atoms with Crippen molar-refractivity contribution in [3.63, 3.8) is 0 Å². The average molecular weight is 346 g/mol. The molecule has 6 heteroatoms. The normalized spacial score (nSPS) is 17.2. The molecule has 2 amide bonds. The molecular weight excluding hydrogens is 320 g/mol. The predicted molar refractivity (Wildman–Crippen MR) is 95.1 cm³/mol. The van der Waals surface area contributed by atoms with Crippen LogP contribution in [0.2, 0.25) is 0 Å². The maximum absolute atomic E-state index is 12.3. The number of allylic oxidation sites excluding steroid dienone is 1. The minimum absolute atomic E-state index is 0.277. The Labute approximate surface area is 148 Å². The zero-order valence-electron chi connectivity index (χ0n) is 15.2. The van der Waals surface area contributed by atoms with Crippen LogP contribution in [-0.2, 0) is 9.53 Å². The lowest BCUT2D eigenvalue weighted by molar-refractivity contribution is -0.139. The number of amides is 2. The lowest BCUT2D eigenvalue weighted by Gasteiger charge is -2.28. The first-order valence-electron chi connectivity index (χ1n) is 8.60. The third-order valence-electron chi connectivity index (χ3n) is 3.94. The molecule has 6 nitrogen and oxygen atoms in total. The molecule has 0 saturated heterocycles. The van der Waals surface area contributed by atoms with E-state index in [-0.39, 0.29) is 12.6 Å². The van der Waals surface area contributed by atoms with Crippen molar-refractivity contribution in [3.8, 4) is 5.75 Å². The van der Waals surface area contributed by atoms with Gasteiger partial charge in [0.2, 0.25) is 0 Å². The first-order chi connectivity index (χ1) is 11.9. The van der Waals surface area contributed by atoms with Gasteiger partial charge in [0.25, 0.3) is 0 Å². The van der Waals surface area contributed by atoms with E-state index < -0.39 is 12.0 Å². The quantitative estimate of drug-likeness (QED) is 0.743. The van der Waals surface area contributed by atoms with Crippen molar-refractivity contribution >= 4 is 12.0 Å². The molecule has 2 rings (SSSR count). The molecule has 136 valence electrons. The molecule has 1 aromatic carbocycles. The molecule has 0 aliphatic carbocycles. The first kappa shape index (κ1) is 18.8. The number of hydrogen-bond acceptors (Lipinski definition) is 4. The van der Waals surface area contributed by atoms with Gasteiger partial charge in [-0.2, -0.15) is 0 Å². The summed E-state index contributed by atoms with van der Waals surface area (Å²) in [6.45, 7) is 8.69. The highest BCUT2D eigenvalue weighted by Crippen LogP contribution is 2.28. The molecule has 25 heavy (non-hydrogen) atoms. The van der Waals surface area contributed by atoms with Gasteiger partial charge in [-0.15, -0.1) is 0 Å². The fourth-order valence-electron chi connectivity index (χ4n) is 2.59. The second kappa shape index (κ2) is 8.55. The van der Waals surface area contributed by atoms with E-state index in [1.54, 1.807) is 13.8 Å². The molecule has 1 aromatic rings. The van der Waals surface area contributed by atoms with Crippen molar-refractivity contribution in [2.45, 2.75) is 40.2 Å². The topological polar surface area (TPSA) is 76.7 Å². The second-order valence-electron chi connectivity index (χ2n) is 6.39. The minimum Gasteiger partial charge on any atom is -0.494 e. The number of carbonyl (C=O) groups is 2. The van der Waals surface area contributed by atoms with Gasteiger partial charge >= 0.3 is 12.0 Å². The summed E-state index contributed by atoms with van der Waals surface area (Å²) in [6.07, 6.45) is 0.987. The summed E-state index contributed by atoms with van der Waals surface area (Å²) < 4.78 is 10.8. The third-order valence-corrected chi connectivity index (χ3v) is 3.94. The van der Waals surface area contributed by atoms with Crippen LogP contribution in [0.25, 0.3) is 0 Å². The molecule has 0 radical (unpaired) electrons. The number of rotatable bonds is 7. The molecule has 0 fully saturated rings. The standard InChI is InChI=1S/C19H26N2O4/c1-5-24-18(22)16-13(4)20-19(23)21-17(16)14-6-8-15(9-7-14)25-11-10-12(2)3/h6-9,12,17H,5,10-11H2,1-4H3,(H2,20,21,23). The van der Waals surface area contributed by atoms with Gasteiger partial charge in [-0.05, 0) is 43.9 Å². The fourth-order valence-corrected chi connectivity index (χ4v) is 2.59. The maximum atomic E-state index is 12.3. The lowest BCUT2D eigenvalue weighted by Crippen LogP contribution is -2.45. The number of nitrogens with one attached hydrogen (secondary N) is 2. The molecular formula is C19H26N2O4. The summed E-state index contributed by atoms with van der Waals surface area (Å²) in [7, 11) is 0. The number of hydrogen-bond donors (Lipinski definition) is 2. The van der Waals surface area contributed by atoms with E-state index >= 15 is 0 Å². The van der Waals surface area contributed by atoms with E-state index in [0.29, 0.717) is 23.8 Å². The van der Waals surface area contributed by atoms with E-state index in [4.69, 9.17) is 9.47 Å². The molecule has 1 heterocycles. The molecule has 1 atom stereocenters. The van der Waals surface area contributed by atoms with E-state index in [0.717, 1.165) is 17.7 Å². The van der Waals surface area contributed by atoms with Gasteiger partial charge in [-0.3, -0.25) is 0 Å². The third kappa shape index (κ3) is 4.98. The summed E-state index contributed by atoms with van der Waals surface area (Å²) >= 11 is 0. The van der Waals surface area contributed by atoms with Gasteiger partial charge in [-0.25, -0.2) is 9.59 Å². The van der Waals surface area contributed by atoms with E-state index in [1.165, 1.54) is 0 Å². The predicted octanol–water partition coefficient (Wildman–Crippen LogP) is 3.30. The Balaban J connectivity index is 2.18. The van der Waals surface area contributed by atoms with Crippen LogP contribution in [0.5, 0.6) is 5.75 Å². The molecule has 1 unspecified atom stereocenters. The summed E-state index contributed by atoms with van der Waals surface area (Å²) in [5.74, 6) is 0.919. The smallest absolute Gasteiger partial charge is 0.338 e. The Bertz CT molecular complexity index is 650. The van der Waals surface area contributed by atoms with Crippen molar-refractivity contribution in [1.29, 1.82) is 0 Å². The highest BCUT2D eigenvalue weighted by atomic mass is 16.5. The maximum Gasteiger partial charge on any atom is 0.338 e. The number of carbonyl (C=O) groups excluding carboxylic acids is 2. The first-order valence-corrected chi connectivity index (χ1v) is 8.60. The Morgan fingerprint density at radius 2 is 1.92 bits per heavy atom. The monoisotopic (exact) mass is 346 g/mol. The van der Waals surface area contributed by atoms with Gasteiger partial charge in [0.05, 0.1) is 24.8 Å². The Kier molecular flexibility index (Phi) is 6.44. The molecule has 0 spiro atoms. The Morgan fingerprint density at radius 1 is 1.24 bits per heavy atom. The minimum atomic E-state index is -0.544. The van der Waals surface area contributed by atoms with Crippen molar-refractivity contribution in [2.24, 2.45) is 5.92 Å². The van der Waals surface area contributed by atoms with Crippen LogP contribution >= 0.6 is 0 Å². The number of benzene rings is 1. The van der Waals surface area contributed by atoms with Crippen LogP contribution in [0.15, 0.2) is 35.5 Å². The van der Waals surface area contributed by atoms with Crippen molar-refractivity contribution in [3.05, 3.63) is 41.1 Å². The molecule has 1 aliphatic rings. The van der Waals surface area contributed by atoms with Gasteiger partial charge in [0.1, 0.15) is 5.75 Å². The van der Waals surface area contributed by atoms with E-state index in [2.05, 4.69) is 24.5 Å². The average Bonchev–Trinajstić information content (AvgIpc) is 2.54.